The minimum atomic E-state index is -1.38. The minimum absolute atomic E-state index is 1.27. The summed E-state index contributed by atoms with van der Waals surface area (Å²) in [4.78, 5) is 2.42. The number of hydrogen-bond acceptors (Lipinski definition) is 0. The van der Waals surface area contributed by atoms with Gasteiger partial charge in [-0.1, -0.05) is 0 Å². The van der Waals surface area contributed by atoms with Crippen molar-refractivity contribution in [2.24, 2.45) is 0 Å². The van der Waals surface area contributed by atoms with Crippen molar-refractivity contribution in [3.63, 3.8) is 0 Å². The van der Waals surface area contributed by atoms with E-state index in [0.717, 1.165) is 0 Å². The molecule has 0 aliphatic rings. The summed E-state index contributed by atoms with van der Waals surface area (Å²) < 4.78 is 2.92. The molecule has 0 atom stereocenters. The van der Waals surface area contributed by atoms with E-state index in [1.807, 2.05) is 0 Å². The molecule has 0 aliphatic carbocycles. The topological polar surface area (TPSA) is 0 Å². The van der Waals surface area contributed by atoms with Gasteiger partial charge in [0, 0.05) is 0 Å². The van der Waals surface area contributed by atoms with Gasteiger partial charge < -0.3 is 0 Å². The normalized spacial score (nSPS) is 11.1. The Hall–Kier alpha value is -2.04. The summed E-state index contributed by atoms with van der Waals surface area (Å²) in [6, 6.07) is 32.3. The molecule has 1 heteroatoms. The Bertz CT molecular complexity index is 648. The summed E-state index contributed by atoms with van der Waals surface area (Å²) >= 11 is -1.38. The van der Waals surface area contributed by atoms with Crippen LogP contribution < -0.4 is 8.70 Å². The first-order valence-electron chi connectivity index (χ1n) is 7.06. The first kappa shape index (κ1) is 13.9. The predicted octanol–water partition coefficient (Wildman–Crippen LogP) is 3.55. The molecule has 0 radical (unpaired) electrons. The average molecular weight is 332 g/mol. The zero-order valence-electron chi connectivity index (χ0n) is 11.8. The van der Waals surface area contributed by atoms with E-state index in [1.165, 1.54) is 14.3 Å². The summed E-state index contributed by atoms with van der Waals surface area (Å²) in [5.74, 6) is 0. The molecule has 102 valence electrons. The van der Waals surface area contributed by atoms with Crippen molar-refractivity contribution in [1.82, 2.24) is 0 Å². The third-order valence-corrected chi connectivity index (χ3v) is 7.81. The van der Waals surface area contributed by atoms with E-state index in [4.69, 9.17) is 0 Å². The van der Waals surface area contributed by atoms with Gasteiger partial charge in [-0.15, -0.1) is 0 Å². The number of hydrogen-bond donors (Lipinski definition) is 0. The molecule has 0 aliphatic heterocycles. The Kier molecular flexibility index (Phi) is 4.71. The zero-order chi connectivity index (χ0) is 14.3. The van der Waals surface area contributed by atoms with Gasteiger partial charge in [-0.25, -0.2) is 0 Å². The SMILES string of the molecule is C(=C[As](c1ccccc1)c1ccccc1)c1ccccc1. The molecule has 0 bridgehead atoms. The molecule has 0 heterocycles. The van der Waals surface area contributed by atoms with Crippen molar-refractivity contribution in [3.05, 3.63) is 101 Å². The quantitative estimate of drug-likeness (QED) is 0.641. The Morgan fingerprint density at radius 2 is 0.952 bits per heavy atom. The Morgan fingerprint density at radius 1 is 0.524 bits per heavy atom. The van der Waals surface area contributed by atoms with Gasteiger partial charge in [-0.2, -0.15) is 0 Å². The van der Waals surface area contributed by atoms with Gasteiger partial charge in [-0.05, 0) is 0 Å². The fourth-order valence-corrected chi connectivity index (χ4v) is 6.31. The second-order valence-electron chi connectivity index (χ2n) is 4.77. The van der Waals surface area contributed by atoms with E-state index in [9.17, 15) is 0 Å². The van der Waals surface area contributed by atoms with Crippen LogP contribution in [0.25, 0.3) is 6.08 Å². The van der Waals surface area contributed by atoms with Gasteiger partial charge in [0.25, 0.3) is 0 Å². The maximum absolute atomic E-state index is 2.42. The molecule has 3 rings (SSSR count). The molecule has 0 N–H and O–H groups in total. The van der Waals surface area contributed by atoms with Crippen LogP contribution in [0.5, 0.6) is 0 Å². The molecule has 0 amide bonds. The summed E-state index contributed by atoms with van der Waals surface area (Å²) in [6.07, 6.45) is 2.26. The third-order valence-electron chi connectivity index (χ3n) is 3.28. The number of rotatable bonds is 4. The maximum atomic E-state index is 2.42. The molecule has 0 aromatic heterocycles. The van der Waals surface area contributed by atoms with Crippen molar-refractivity contribution in [3.8, 4) is 0 Å². The van der Waals surface area contributed by atoms with Crippen LogP contribution in [0.2, 0.25) is 0 Å². The van der Waals surface area contributed by atoms with Crippen LogP contribution in [0.4, 0.5) is 0 Å². The van der Waals surface area contributed by atoms with Gasteiger partial charge in [-0.3, -0.25) is 0 Å². The number of benzene rings is 3. The Morgan fingerprint density at radius 3 is 1.43 bits per heavy atom. The van der Waals surface area contributed by atoms with Crippen molar-refractivity contribution in [1.29, 1.82) is 0 Å². The molecule has 0 unspecified atom stereocenters. The molecule has 0 fully saturated rings. The van der Waals surface area contributed by atoms with Crippen LogP contribution >= 0.6 is 0 Å². The molecule has 0 saturated heterocycles. The summed E-state index contributed by atoms with van der Waals surface area (Å²) in [7, 11) is 0. The first-order chi connectivity index (χ1) is 10.4. The predicted molar refractivity (Wildman–Crippen MR) is 93.4 cm³/mol. The average Bonchev–Trinajstić information content (AvgIpc) is 2.58. The molecule has 0 saturated carbocycles. The van der Waals surface area contributed by atoms with Gasteiger partial charge in [0.15, 0.2) is 0 Å². The third kappa shape index (κ3) is 3.74. The molecule has 3 aromatic rings. The molecule has 0 nitrogen and oxygen atoms in total. The second kappa shape index (κ2) is 7.11. The molecule has 3 aromatic carbocycles. The van der Waals surface area contributed by atoms with Crippen molar-refractivity contribution in [2.75, 3.05) is 0 Å². The Balaban J connectivity index is 1.96. The van der Waals surface area contributed by atoms with Gasteiger partial charge in [0.05, 0.1) is 0 Å². The van der Waals surface area contributed by atoms with Gasteiger partial charge >= 0.3 is 131 Å². The van der Waals surface area contributed by atoms with Crippen LogP contribution in [-0.4, -0.2) is 14.7 Å². The fourth-order valence-electron chi connectivity index (χ4n) is 2.22. The molecular weight excluding hydrogens is 315 g/mol. The summed E-state index contributed by atoms with van der Waals surface area (Å²) in [5, 5.41) is 0. The van der Waals surface area contributed by atoms with Crippen LogP contribution in [0.3, 0.4) is 0 Å². The zero-order valence-corrected chi connectivity index (χ0v) is 13.6. The van der Waals surface area contributed by atoms with E-state index in [1.54, 1.807) is 0 Å². The Labute approximate surface area is 131 Å². The van der Waals surface area contributed by atoms with Crippen LogP contribution in [-0.2, 0) is 0 Å². The second-order valence-corrected chi connectivity index (χ2v) is 9.11. The van der Waals surface area contributed by atoms with Crippen LogP contribution in [0.1, 0.15) is 5.56 Å². The standard InChI is InChI=1S/C20H17As/c1-4-10-18(11-5-1)16-17-21(19-12-6-2-7-13-19)20-14-8-3-9-15-20/h1-17H. The van der Waals surface area contributed by atoms with Gasteiger partial charge in [0.1, 0.15) is 0 Å². The van der Waals surface area contributed by atoms with Gasteiger partial charge in [0.2, 0.25) is 0 Å². The molecular formula is C20H17As. The molecule has 21 heavy (non-hydrogen) atoms. The fraction of sp³-hybridized carbons (Fsp3) is 0. The van der Waals surface area contributed by atoms with E-state index in [0.29, 0.717) is 0 Å². The van der Waals surface area contributed by atoms with E-state index >= 15 is 0 Å². The van der Waals surface area contributed by atoms with Crippen molar-refractivity contribution >= 4 is 29.4 Å². The van der Waals surface area contributed by atoms with Crippen LogP contribution in [0.15, 0.2) is 95.9 Å². The van der Waals surface area contributed by atoms with Crippen molar-refractivity contribution < 1.29 is 0 Å². The van der Waals surface area contributed by atoms with E-state index in [-0.39, 0.29) is 0 Å². The van der Waals surface area contributed by atoms with Crippen LogP contribution in [0, 0.1) is 0 Å². The van der Waals surface area contributed by atoms with Crippen molar-refractivity contribution in [2.45, 2.75) is 0 Å². The van der Waals surface area contributed by atoms with E-state index < -0.39 is 14.7 Å². The first-order valence-corrected chi connectivity index (χ1v) is 10.0. The summed E-state index contributed by atoms with van der Waals surface area (Å²) in [6.45, 7) is 0. The monoisotopic (exact) mass is 332 g/mol. The van der Waals surface area contributed by atoms with E-state index in [2.05, 4.69) is 102 Å². The molecule has 0 spiro atoms. The summed E-state index contributed by atoms with van der Waals surface area (Å²) in [5.41, 5.74) is 1.27.